The molecule has 3 rings (SSSR count). The van der Waals surface area contributed by atoms with E-state index in [4.69, 9.17) is 0 Å². The number of hydrogen-bond acceptors (Lipinski definition) is 2. The average molecular weight is 339 g/mol. The standard InChI is InChI=1S/C19H18FN3O2/c20-15-8-6-13(7-9-15)18(24)21-10-3-11-22-19(25)17-12-14-4-1-2-5-16(14)23-17/h1-2,4-9,12,23H,3,10-11H2,(H,21,24)(H,22,25). The van der Waals surface area contributed by atoms with Crippen molar-refractivity contribution in [2.45, 2.75) is 6.42 Å². The number of amides is 2. The predicted molar refractivity (Wildman–Crippen MR) is 94.0 cm³/mol. The molecule has 3 N–H and O–H groups in total. The van der Waals surface area contributed by atoms with Gasteiger partial charge in [0.15, 0.2) is 0 Å². The molecule has 3 aromatic rings. The summed E-state index contributed by atoms with van der Waals surface area (Å²) in [5.41, 5.74) is 1.83. The number of para-hydroxylation sites is 1. The molecule has 0 saturated carbocycles. The molecule has 0 unspecified atom stereocenters. The van der Waals surface area contributed by atoms with Gasteiger partial charge in [-0.25, -0.2) is 4.39 Å². The van der Waals surface area contributed by atoms with Crippen molar-refractivity contribution in [1.82, 2.24) is 15.6 Å². The molecule has 1 heterocycles. The molecule has 0 aliphatic rings. The fourth-order valence-electron chi connectivity index (χ4n) is 2.49. The van der Waals surface area contributed by atoms with Crippen molar-refractivity contribution >= 4 is 22.7 Å². The molecule has 0 bridgehead atoms. The van der Waals surface area contributed by atoms with Gasteiger partial charge < -0.3 is 15.6 Å². The lowest BCUT2D eigenvalue weighted by Crippen LogP contribution is -2.30. The number of benzene rings is 2. The number of fused-ring (bicyclic) bond motifs is 1. The van der Waals surface area contributed by atoms with Crippen LogP contribution < -0.4 is 10.6 Å². The summed E-state index contributed by atoms with van der Waals surface area (Å²) in [5.74, 6) is -0.820. The first-order chi connectivity index (χ1) is 12.1. The minimum atomic E-state index is -0.378. The molecule has 25 heavy (non-hydrogen) atoms. The van der Waals surface area contributed by atoms with Crippen LogP contribution in [0.2, 0.25) is 0 Å². The second kappa shape index (κ2) is 7.61. The SMILES string of the molecule is O=C(NCCCNC(=O)c1cc2ccccc2[nH]1)c1ccc(F)cc1. The monoisotopic (exact) mass is 339 g/mol. The smallest absolute Gasteiger partial charge is 0.267 e. The Balaban J connectivity index is 1.41. The number of aromatic amines is 1. The van der Waals surface area contributed by atoms with Crippen LogP contribution in [0.3, 0.4) is 0 Å². The van der Waals surface area contributed by atoms with Crippen LogP contribution in [0, 0.1) is 5.82 Å². The Bertz CT molecular complexity index is 854. The van der Waals surface area contributed by atoms with Gasteiger partial charge in [-0.2, -0.15) is 0 Å². The minimum Gasteiger partial charge on any atom is -0.352 e. The van der Waals surface area contributed by atoms with Crippen LogP contribution in [0.15, 0.2) is 54.6 Å². The third-order valence-corrected chi connectivity index (χ3v) is 3.81. The molecular weight excluding hydrogens is 321 g/mol. The predicted octanol–water partition coefficient (Wildman–Crippen LogP) is 2.86. The van der Waals surface area contributed by atoms with Gasteiger partial charge >= 0.3 is 0 Å². The number of nitrogens with one attached hydrogen (secondary N) is 3. The number of aromatic nitrogens is 1. The van der Waals surface area contributed by atoms with E-state index in [2.05, 4.69) is 15.6 Å². The Labute approximate surface area is 144 Å². The normalized spacial score (nSPS) is 10.6. The number of carbonyl (C=O) groups excluding carboxylic acids is 2. The molecular formula is C19H18FN3O2. The lowest BCUT2D eigenvalue weighted by Gasteiger charge is -2.06. The Kier molecular flexibility index (Phi) is 5.09. The van der Waals surface area contributed by atoms with Crippen LogP contribution in [0.1, 0.15) is 27.3 Å². The molecule has 0 saturated heterocycles. The summed E-state index contributed by atoms with van der Waals surface area (Å²) in [4.78, 5) is 27.0. The lowest BCUT2D eigenvalue weighted by molar-refractivity contribution is 0.0948. The summed E-state index contributed by atoms with van der Waals surface area (Å²) in [6.07, 6.45) is 0.596. The average Bonchev–Trinajstić information content (AvgIpc) is 3.06. The fraction of sp³-hybridized carbons (Fsp3) is 0.158. The molecule has 2 aromatic carbocycles. The summed E-state index contributed by atoms with van der Waals surface area (Å²) < 4.78 is 12.8. The van der Waals surface area contributed by atoms with Crippen LogP contribution in [0.25, 0.3) is 10.9 Å². The van der Waals surface area contributed by atoms with Crippen molar-refractivity contribution in [2.24, 2.45) is 0 Å². The third-order valence-electron chi connectivity index (χ3n) is 3.81. The summed E-state index contributed by atoms with van der Waals surface area (Å²) >= 11 is 0. The molecule has 0 radical (unpaired) electrons. The number of rotatable bonds is 6. The number of halogens is 1. The van der Waals surface area contributed by atoms with Gasteiger partial charge in [-0.05, 0) is 42.8 Å². The molecule has 0 aliphatic carbocycles. The highest BCUT2D eigenvalue weighted by molar-refractivity contribution is 5.98. The van der Waals surface area contributed by atoms with E-state index in [1.165, 1.54) is 24.3 Å². The highest BCUT2D eigenvalue weighted by atomic mass is 19.1. The first kappa shape index (κ1) is 16.7. The van der Waals surface area contributed by atoms with E-state index in [1.807, 2.05) is 24.3 Å². The fourth-order valence-corrected chi connectivity index (χ4v) is 2.49. The maximum atomic E-state index is 12.8. The van der Waals surface area contributed by atoms with Crippen LogP contribution in [-0.2, 0) is 0 Å². The Hall–Kier alpha value is -3.15. The summed E-state index contributed by atoms with van der Waals surface area (Å²) in [5, 5.41) is 6.53. The van der Waals surface area contributed by atoms with Gasteiger partial charge in [0.1, 0.15) is 11.5 Å². The van der Waals surface area contributed by atoms with Gasteiger partial charge in [-0.15, -0.1) is 0 Å². The van der Waals surface area contributed by atoms with Crippen LogP contribution >= 0.6 is 0 Å². The van der Waals surface area contributed by atoms with E-state index >= 15 is 0 Å². The van der Waals surface area contributed by atoms with E-state index in [1.54, 1.807) is 6.07 Å². The van der Waals surface area contributed by atoms with E-state index in [0.717, 1.165) is 10.9 Å². The molecule has 0 fully saturated rings. The molecule has 5 nitrogen and oxygen atoms in total. The Morgan fingerprint density at radius 3 is 2.32 bits per heavy atom. The van der Waals surface area contributed by atoms with E-state index < -0.39 is 0 Å². The van der Waals surface area contributed by atoms with E-state index in [-0.39, 0.29) is 17.6 Å². The zero-order chi connectivity index (χ0) is 17.6. The van der Waals surface area contributed by atoms with Crippen LogP contribution in [-0.4, -0.2) is 29.9 Å². The molecule has 0 spiro atoms. The van der Waals surface area contributed by atoms with Gasteiger partial charge in [0, 0.05) is 29.6 Å². The van der Waals surface area contributed by atoms with Crippen molar-refractivity contribution in [3.63, 3.8) is 0 Å². The topological polar surface area (TPSA) is 74.0 Å². The van der Waals surface area contributed by atoms with Gasteiger partial charge in [0.05, 0.1) is 0 Å². The van der Waals surface area contributed by atoms with Gasteiger partial charge in [0.2, 0.25) is 0 Å². The van der Waals surface area contributed by atoms with Crippen LogP contribution in [0.4, 0.5) is 4.39 Å². The first-order valence-corrected chi connectivity index (χ1v) is 8.03. The van der Waals surface area contributed by atoms with Crippen molar-refractivity contribution < 1.29 is 14.0 Å². The maximum Gasteiger partial charge on any atom is 0.267 e. The van der Waals surface area contributed by atoms with E-state index in [9.17, 15) is 14.0 Å². The molecule has 0 atom stereocenters. The largest absolute Gasteiger partial charge is 0.352 e. The van der Waals surface area contributed by atoms with E-state index in [0.29, 0.717) is 30.8 Å². The Morgan fingerprint density at radius 1 is 0.920 bits per heavy atom. The first-order valence-electron chi connectivity index (χ1n) is 8.03. The number of hydrogen-bond donors (Lipinski definition) is 3. The highest BCUT2D eigenvalue weighted by Crippen LogP contribution is 2.14. The zero-order valence-electron chi connectivity index (χ0n) is 13.5. The molecule has 1 aromatic heterocycles. The summed E-state index contributed by atoms with van der Waals surface area (Å²) in [6.45, 7) is 0.862. The second-order valence-electron chi connectivity index (χ2n) is 5.64. The maximum absolute atomic E-state index is 12.8. The van der Waals surface area contributed by atoms with Crippen molar-refractivity contribution in [1.29, 1.82) is 0 Å². The minimum absolute atomic E-state index is 0.180. The third kappa shape index (κ3) is 4.23. The van der Waals surface area contributed by atoms with Gasteiger partial charge in [0.25, 0.3) is 11.8 Å². The molecule has 2 amide bonds. The number of carbonyl (C=O) groups is 2. The van der Waals surface area contributed by atoms with Crippen molar-refractivity contribution in [3.05, 3.63) is 71.7 Å². The van der Waals surface area contributed by atoms with Crippen LogP contribution in [0.5, 0.6) is 0 Å². The van der Waals surface area contributed by atoms with Gasteiger partial charge in [-0.3, -0.25) is 9.59 Å². The zero-order valence-corrected chi connectivity index (χ0v) is 13.5. The molecule has 0 aliphatic heterocycles. The lowest BCUT2D eigenvalue weighted by atomic mass is 10.2. The number of H-pyrrole nitrogens is 1. The second-order valence-corrected chi connectivity index (χ2v) is 5.64. The summed E-state index contributed by atoms with van der Waals surface area (Å²) in [6, 6.07) is 14.8. The van der Waals surface area contributed by atoms with Crippen molar-refractivity contribution in [3.8, 4) is 0 Å². The van der Waals surface area contributed by atoms with Crippen molar-refractivity contribution in [2.75, 3.05) is 13.1 Å². The van der Waals surface area contributed by atoms with Gasteiger partial charge in [-0.1, -0.05) is 18.2 Å². The molecule has 6 heteroatoms. The Morgan fingerprint density at radius 2 is 1.60 bits per heavy atom. The molecule has 128 valence electrons. The quantitative estimate of drug-likeness (QED) is 0.604. The summed E-state index contributed by atoms with van der Waals surface area (Å²) in [7, 11) is 0. The highest BCUT2D eigenvalue weighted by Gasteiger charge is 2.09.